The molecule has 0 aliphatic carbocycles. The van der Waals surface area contributed by atoms with Crippen molar-refractivity contribution in [2.24, 2.45) is 0 Å². The fourth-order valence-electron chi connectivity index (χ4n) is 3.25. The van der Waals surface area contributed by atoms with Crippen LogP contribution < -0.4 is 10.6 Å². The van der Waals surface area contributed by atoms with Crippen molar-refractivity contribution in [1.29, 1.82) is 0 Å². The number of carbonyl (C=O) groups excluding carboxylic acids is 1. The molecule has 27 heavy (non-hydrogen) atoms. The molecule has 1 fully saturated rings. The van der Waals surface area contributed by atoms with Crippen LogP contribution in [0.15, 0.2) is 24.4 Å². The minimum absolute atomic E-state index is 0.176. The number of nitrogens with one attached hydrogen (secondary N) is 2. The summed E-state index contributed by atoms with van der Waals surface area (Å²) >= 11 is 6.29. The smallest absolute Gasteiger partial charge is 0.257 e. The second-order valence-electron chi connectivity index (χ2n) is 7.07. The number of aryl methyl sites for hydroxylation is 1. The molecule has 3 rings (SSSR count). The first-order chi connectivity index (χ1) is 12.8. The van der Waals surface area contributed by atoms with Crippen molar-refractivity contribution in [2.75, 3.05) is 25.0 Å². The van der Waals surface area contributed by atoms with E-state index in [0.717, 1.165) is 37.3 Å². The third kappa shape index (κ3) is 4.83. The molecule has 1 saturated heterocycles. The number of pyridine rings is 1. The molecule has 1 aliphatic rings. The molecule has 5 nitrogen and oxygen atoms in total. The van der Waals surface area contributed by atoms with Gasteiger partial charge in [0, 0.05) is 49.1 Å². The summed E-state index contributed by atoms with van der Waals surface area (Å²) in [6.07, 6.45) is 1.37. The maximum atomic E-state index is 13.7. The Morgan fingerprint density at radius 2 is 2.19 bits per heavy atom. The van der Waals surface area contributed by atoms with Crippen LogP contribution >= 0.6 is 11.6 Å². The first-order valence-corrected chi connectivity index (χ1v) is 9.39. The van der Waals surface area contributed by atoms with Crippen LogP contribution in [0.3, 0.4) is 0 Å². The second-order valence-corrected chi connectivity index (χ2v) is 7.51. The molecule has 1 aromatic carbocycles. The molecule has 2 heterocycles. The lowest BCUT2D eigenvalue weighted by molar-refractivity contribution is 0.102. The molecule has 7 heteroatoms. The highest BCUT2D eigenvalue weighted by Crippen LogP contribution is 2.27. The van der Waals surface area contributed by atoms with E-state index in [9.17, 15) is 9.18 Å². The molecule has 144 valence electrons. The van der Waals surface area contributed by atoms with Gasteiger partial charge in [-0.2, -0.15) is 0 Å². The van der Waals surface area contributed by atoms with Crippen LogP contribution in [0.5, 0.6) is 0 Å². The number of piperazine rings is 1. The van der Waals surface area contributed by atoms with Gasteiger partial charge in [0.05, 0.1) is 11.3 Å². The number of hydrogen-bond donors (Lipinski definition) is 2. The normalized spacial score (nSPS) is 17.7. The zero-order valence-corrected chi connectivity index (χ0v) is 16.5. The Balaban J connectivity index is 1.80. The van der Waals surface area contributed by atoms with Crippen molar-refractivity contribution in [1.82, 2.24) is 15.2 Å². The van der Waals surface area contributed by atoms with Gasteiger partial charge in [-0.1, -0.05) is 11.6 Å². The van der Waals surface area contributed by atoms with Gasteiger partial charge in [0.25, 0.3) is 5.91 Å². The van der Waals surface area contributed by atoms with Crippen molar-refractivity contribution >= 4 is 23.2 Å². The van der Waals surface area contributed by atoms with Crippen LogP contribution in [0.1, 0.15) is 34.1 Å². The predicted molar refractivity (Wildman–Crippen MR) is 106 cm³/mol. The number of nitrogens with zero attached hydrogens (tertiary/aromatic N) is 2. The molecule has 0 spiro atoms. The van der Waals surface area contributed by atoms with Crippen LogP contribution in [0.25, 0.3) is 0 Å². The van der Waals surface area contributed by atoms with Gasteiger partial charge in [-0.25, -0.2) is 4.39 Å². The lowest BCUT2D eigenvalue weighted by Crippen LogP contribution is -2.48. The van der Waals surface area contributed by atoms with Crippen LogP contribution in [-0.2, 0) is 6.54 Å². The molecule has 0 saturated carbocycles. The molecule has 2 aromatic rings. The van der Waals surface area contributed by atoms with Gasteiger partial charge < -0.3 is 10.6 Å². The summed E-state index contributed by atoms with van der Waals surface area (Å²) in [4.78, 5) is 18.8. The quantitative estimate of drug-likeness (QED) is 0.838. The molecule has 1 aromatic heterocycles. The van der Waals surface area contributed by atoms with Crippen molar-refractivity contribution in [3.05, 3.63) is 57.6 Å². The number of aromatic nitrogens is 1. The van der Waals surface area contributed by atoms with E-state index in [0.29, 0.717) is 16.8 Å². The number of carbonyl (C=O) groups is 1. The molecule has 0 radical (unpaired) electrons. The summed E-state index contributed by atoms with van der Waals surface area (Å²) in [5.41, 5.74) is 3.10. The predicted octanol–water partition coefficient (Wildman–Crippen LogP) is 3.54. The van der Waals surface area contributed by atoms with Gasteiger partial charge in [0.2, 0.25) is 0 Å². The zero-order valence-electron chi connectivity index (χ0n) is 15.8. The summed E-state index contributed by atoms with van der Waals surface area (Å²) in [5.74, 6) is -0.910. The number of rotatable bonds is 4. The van der Waals surface area contributed by atoms with Crippen LogP contribution in [-0.4, -0.2) is 41.5 Å². The van der Waals surface area contributed by atoms with E-state index in [1.54, 1.807) is 13.0 Å². The summed E-state index contributed by atoms with van der Waals surface area (Å²) < 4.78 is 13.7. The van der Waals surface area contributed by atoms with Gasteiger partial charge in [-0.15, -0.1) is 0 Å². The minimum Gasteiger partial charge on any atom is -0.322 e. The number of anilines is 1. The first kappa shape index (κ1) is 19.7. The lowest BCUT2D eigenvalue weighted by atomic mass is 10.0. The number of benzene rings is 1. The van der Waals surface area contributed by atoms with Crippen molar-refractivity contribution < 1.29 is 9.18 Å². The summed E-state index contributed by atoms with van der Waals surface area (Å²) in [6, 6.07) is 5.30. The highest BCUT2D eigenvalue weighted by Gasteiger charge is 2.18. The molecule has 0 bridgehead atoms. The number of hydrogen-bond acceptors (Lipinski definition) is 4. The first-order valence-electron chi connectivity index (χ1n) is 9.01. The van der Waals surface area contributed by atoms with Gasteiger partial charge in [0.1, 0.15) is 5.82 Å². The van der Waals surface area contributed by atoms with Crippen molar-refractivity contribution in [3.8, 4) is 0 Å². The maximum absolute atomic E-state index is 13.7. The average molecular weight is 391 g/mol. The van der Waals surface area contributed by atoms with E-state index >= 15 is 0 Å². The zero-order chi connectivity index (χ0) is 19.6. The average Bonchev–Trinajstić information content (AvgIpc) is 2.61. The van der Waals surface area contributed by atoms with E-state index in [-0.39, 0.29) is 11.3 Å². The third-order valence-corrected chi connectivity index (χ3v) is 5.08. The van der Waals surface area contributed by atoms with Gasteiger partial charge in [-0.05, 0) is 50.1 Å². The third-order valence-electron chi connectivity index (χ3n) is 4.86. The van der Waals surface area contributed by atoms with Crippen LogP contribution in [0.4, 0.5) is 10.1 Å². The SMILES string of the molecule is Cc1ncc(C(=O)Nc2cc(Cl)cc(CN3CCN[C@@H](C)C3)c2C)cc1F. The van der Waals surface area contributed by atoms with Crippen molar-refractivity contribution in [3.63, 3.8) is 0 Å². The number of halogens is 2. The van der Waals surface area contributed by atoms with Gasteiger partial charge >= 0.3 is 0 Å². The fourth-order valence-corrected chi connectivity index (χ4v) is 3.49. The molecule has 1 amide bonds. The molecule has 0 unspecified atom stereocenters. The van der Waals surface area contributed by atoms with E-state index < -0.39 is 11.7 Å². The van der Waals surface area contributed by atoms with Crippen LogP contribution in [0, 0.1) is 19.7 Å². The van der Waals surface area contributed by atoms with E-state index in [2.05, 4.69) is 27.4 Å². The fraction of sp³-hybridized carbons (Fsp3) is 0.400. The minimum atomic E-state index is -0.501. The van der Waals surface area contributed by atoms with Gasteiger partial charge in [0.15, 0.2) is 0 Å². The second kappa shape index (κ2) is 8.33. The standard InChI is InChI=1S/C20H24ClFN4O/c1-12-10-26(5-4-23-12)11-16-6-17(21)8-19(13(16)2)25-20(27)15-7-18(22)14(3)24-9-15/h6-9,12,23H,4-5,10-11H2,1-3H3,(H,25,27)/t12-/m0/s1. The monoisotopic (exact) mass is 390 g/mol. The molecule has 1 atom stereocenters. The molecular formula is C20H24ClFN4O. The van der Waals surface area contributed by atoms with E-state index in [1.807, 2.05) is 13.0 Å². The molecular weight excluding hydrogens is 367 g/mol. The topological polar surface area (TPSA) is 57.3 Å². The lowest BCUT2D eigenvalue weighted by Gasteiger charge is -2.32. The van der Waals surface area contributed by atoms with Crippen LogP contribution in [0.2, 0.25) is 5.02 Å². The highest BCUT2D eigenvalue weighted by atomic mass is 35.5. The molecule has 2 N–H and O–H groups in total. The maximum Gasteiger partial charge on any atom is 0.257 e. The Morgan fingerprint density at radius 1 is 1.41 bits per heavy atom. The Bertz CT molecular complexity index is 858. The Kier molecular flexibility index (Phi) is 6.09. The summed E-state index contributed by atoms with van der Waals surface area (Å²) in [7, 11) is 0. The largest absolute Gasteiger partial charge is 0.322 e. The molecule has 1 aliphatic heterocycles. The highest BCUT2D eigenvalue weighted by molar-refractivity contribution is 6.31. The Hall–Kier alpha value is -2.02. The summed E-state index contributed by atoms with van der Waals surface area (Å²) in [6.45, 7) is 9.33. The summed E-state index contributed by atoms with van der Waals surface area (Å²) in [5, 5.41) is 6.82. The van der Waals surface area contributed by atoms with Gasteiger partial charge in [-0.3, -0.25) is 14.7 Å². The van der Waals surface area contributed by atoms with E-state index in [1.165, 1.54) is 12.3 Å². The van der Waals surface area contributed by atoms with E-state index in [4.69, 9.17) is 11.6 Å². The van der Waals surface area contributed by atoms with Crippen molar-refractivity contribution in [2.45, 2.75) is 33.4 Å². The Labute approximate surface area is 163 Å². The number of amides is 1. The Morgan fingerprint density at radius 3 is 2.89 bits per heavy atom.